The number of aliphatic hydroxyl groups is 2. The first-order valence-corrected chi connectivity index (χ1v) is 14.5. The molecule has 1 aromatic rings. The highest BCUT2D eigenvalue weighted by Crippen LogP contribution is 2.38. The SMILES string of the molecule is COc1ccc(CO[C@H]([C@H](C)/C=C(\C)[C@@H](O)[C@H](C)O[Si](C)(C)C(C)(C)C)[C@H](C)CO)cc1. The molecule has 1 aromatic carbocycles. The molecule has 0 unspecified atom stereocenters. The minimum Gasteiger partial charge on any atom is -0.497 e. The molecule has 0 aromatic heterocycles. The molecule has 0 fully saturated rings. The van der Waals surface area contributed by atoms with Crippen LogP contribution in [0.1, 0.15) is 54.0 Å². The van der Waals surface area contributed by atoms with Gasteiger partial charge in [0.2, 0.25) is 0 Å². The van der Waals surface area contributed by atoms with Crippen LogP contribution in [0.2, 0.25) is 18.1 Å². The van der Waals surface area contributed by atoms with E-state index in [0.29, 0.717) is 6.61 Å². The fourth-order valence-corrected chi connectivity index (χ4v) is 4.95. The van der Waals surface area contributed by atoms with E-state index in [-0.39, 0.29) is 35.7 Å². The maximum Gasteiger partial charge on any atom is 0.192 e. The second kappa shape index (κ2) is 12.3. The zero-order valence-corrected chi connectivity index (χ0v) is 22.8. The molecule has 0 saturated heterocycles. The van der Waals surface area contributed by atoms with Gasteiger partial charge in [0.15, 0.2) is 8.32 Å². The maximum atomic E-state index is 10.9. The van der Waals surface area contributed by atoms with E-state index in [4.69, 9.17) is 13.9 Å². The molecule has 0 aliphatic carbocycles. The molecule has 5 atom stereocenters. The average molecular weight is 467 g/mol. The Kier molecular flexibility index (Phi) is 11.1. The Labute approximate surface area is 196 Å². The largest absolute Gasteiger partial charge is 0.497 e. The minimum atomic E-state index is -1.97. The third kappa shape index (κ3) is 8.30. The molecule has 0 bridgehead atoms. The van der Waals surface area contributed by atoms with Gasteiger partial charge in [-0.3, -0.25) is 0 Å². The summed E-state index contributed by atoms with van der Waals surface area (Å²) in [5, 5.41) is 20.8. The van der Waals surface area contributed by atoms with Crippen molar-refractivity contribution in [2.45, 2.75) is 91.5 Å². The van der Waals surface area contributed by atoms with Crippen LogP contribution in [0.5, 0.6) is 5.75 Å². The summed E-state index contributed by atoms with van der Waals surface area (Å²) < 4.78 is 17.8. The monoisotopic (exact) mass is 466 g/mol. The fourth-order valence-electron chi connectivity index (χ4n) is 3.54. The highest BCUT2D eigenvalue weighted by molar-refractivity contribution is 6.74. The summed E-state index contributed by atoms with van der Waals surface area (Å²) in [5.41, 5.74) is 1.91. The molecule has 0 radical (unpaired) electrons. The van der Waals surface area contributed by atoms with Crippen LogP contribution in [0.3, 0.4) is 0 Å². The van der Waals surface area contributed by atoms with Gasteiger partial charge in [-0.25, -0.2) is 0 Å². The van der Waals surface area contributed by atoms with Crippen LogP contribution in [-0.4, -0.2) is 50.6 Å². The summed E-state index contributed by atoms with van der Waals surface area (Å²) >= 11 is 0. The first-order valence-electron chi connectivity index (χ1n) is 11.6. The van der Waals surface area contributed by atoms with Crippen LogP contribution in [0.25, 0.3) is 0 Å². The summed E-state index contributed by atoms with van der Waals surface area (Å²) in [7, 11) is -0.327. The Morgan fingerprint density at radius 2 is 1.66 bits per heavy atom. The van der Waals surface area contributed by atoms with Crippen molar-refractivity contribution in [2.24, 2.45) is 11.8 Å². The molecule has 32 heavy (non-hydrogen) atoms. The lowest BCUT2D eigenvalue weighted by molar-refractivity contribution is -0.0314. The van der Waals surface area contributed by atoms with E-state index in [0.717, 1.165) is 16.9 Å². The van der Waals surface area contributed by atoms with Gasteiger partial charge >= 0.3 is 0 Å². The Morgan fingerprint density at radius 3 is 2.12 bits per heavy atom. The van der Waals surface area contributed by atoms with E-state index < -0.39 is 14.4 Å². The Balaban J connectivity index is 2.88. The molecule has 0 heterocycles. The summed E-state index contributed by atoms with van der Waals surface area (Å²) in [6.45, 7) is 19.4. The molecular weight excluding hydrogens is 420 g/mol. The number of hydrogen-bond acceptors (Lipinski definition) is 5. The third-order valence-electron chi connectivity index (χ3n) is 6.69. The molecule has 1 rings (SSSR count). The third-order valence-corrected chi connectivity index (χ3v) is 11.3. The number of rotatable bonds is 12. The average Bonchev–Trinajstić information content (AvgIpc) is 2.72. The summed E-state index contributed by atoms with van der Waals surface area (Å²) in [5.74, 6) is 0.791. The van der Waals surface area contributed by atoms with Gasteiger partial charge in [0.05, 0.1) is 32.0 Å². The van der Waals surface area contributed by atoms with Crippen molar-refractivity contribution < 1.29 is 24.1 Å². The lowest BCUT2D eigenvalue weighted by Gasteiger charge is -2.39. The number of hydrogen-bond donors (Lipinski definition) is 2. The Morgan fingerprint density at radius 1 is 1.09 bits per heavy atom. The summed E-state index contributed by atoms with van der Waals surface area (Å²) in [4.78, 5) is 0. The van der Waals surface area contributed by atoms with Crippen LogP contribution in [0.4, 0.5) is 0 Å². The van der Waals surface area contributed by atoms with Crippen LogP contribution in [0.15, 0.2) is 35.9 Å². The predicted molar refractivity (Wildman–Crippen MR) is 134 cm³/mol. The second-order valence-electron chi connectivity index (χ2n) is 10.6. The lowest BCUT2D eigenvalue weighted by Crippen LogP contribution is -2.46. The minimum absolute atomic E-state index is 0.0186. The quantitative estimate of drug-likeness (QED) is 0.312. The molecule has 0 aliphatic heterocycles. The smallest absolute Gasteiger partial charge is 0.192 e. The molecule has 0 aliphatic rings. The van der Waals surface area contributed by atoms with Crippen molar-refractivity contribution in [1.29, 1.82) is 0 Å². The highest BCUT2D eigenvalue weighted by atomic mass is 28.4. The maximum absolute atomic E-state index is 10.9. The van der Waals surface area contributed by atoms with Gasteiger partial charge in [-0.05, 0) is 55.2 Å². The van der Waals surface area contributed by atoms with E-state index in [9.17, 15) is 10.2 Å². The van der Waals surface area contributed by atoms with Gasteiger partial charge in [0, 0.05) is 18.4 Å². The standard InChI is InChI=1S/C26H46O5Si/c1-18(24(28)21(4)31-32(9,10)26(5,6)7)15-19(2)25(20(3)16-27)30-17-22-11-13-23(29-8)14-12-22/h11-15,19-21,24-25,27-28H,16-17H2,1-10H3/b18-15+/t19-,20-,21+,24-,25-/m1/s1. The van der Waals surface area contributed by atoms with Crippen molar-refractivity contribution in [3.8, 4) is 5.75 Å². The molecule has 0 spiro atoms. The van der Waals surface area contributed by atoms with Crippen molar-refractivity contribution >= 4 is 8.32 Å². The molecule has 2 N–H and O–H groups in total. The molecule has 184 valence electrons. The van der Waals surface area contributed by atoms with E-state index in [1.807, 2.05) is 45.0 Å². The predicted octanol–water partition coefficient (Wildman–Crippen LogP) is 5.56. The van der Waals surface area contributed by atoms with Gasteiger partial charge in [-0.1, -0.05) is 52.8 Å². The number of ether oxygens (including phenoxy) is 2. The van der Waals surface area contributed by atoms with Crippen LogP contribution in [0, 0.1) is 11.8 Å². The van der Waals surface area contributed by atoms with E-state index in [1.54, 1.807) is 7.11 Å². The summed E-state index contributed by atoms with van der Waals surface area (Å²) in [6.07, 6.45) is 0.911. The first-order chi connectivity index (χ1) is 14.7. The van der Waals surface area contributed by atoms with E-state index in [2.05, 4.69) is 46.9 Å². The molecule has 6 heteroatoms. The topological polar surface area (TPSA) is 68.2 Å². The van der Waals surface area contributed by atoms with Crippen LogP contribution < -0.4 is 4.74 Å². The van der Waals surface area contributed by atoms with Crippen molar-refractivity contribution in [2.75, 3.05) is 13.7 Å². The number of methoxy groups -OCH3 is 1. The number of benzene rings is 1. The van der Waals surface area contributed by atoms with E-state index >= 15 is 0 Å². The Hall–Kier alpha value is -1.18. The molecule has 0 saturated carbocycles. The van der Waals surface area contributed by atoms with Gasteiger partial charge in [-0.2, -0.15) is 0 Å². The number of aliphatic hydroxyl groups excluding tert-OH is 2. The van der Waals surface area contributed by atoms with Crippen molar-refractivity contribution in [3.05, 3.63) is 41.5 Å². The highest BCUT2D eigenvalue weighted by Gasteiger charge is 2.39. The molecular formula is C26H46O5Si. The fraction of sp³-hybridized carbons (Fsp3) is 0.692. The van der Waals surface area contributed by atoms with Gasteiger partial charge < -0.3 is 24.1 Å². The zero-order chi connectivity index (χ0) is 24.7. The van der Waals surface area contributed by atoms with Gasteiger partial charge in [0.25, 0.3) is 0 Å². The molecule has 5 nitrogen and oxygen atoms in total. The zero-order valence-electron chi connectivity index (χ0n) is 21.8. The molecule has 0 amide bonds. The van der Waals surface area contributed by atoms with Crippen LogP contribution in [-0.2, 0) is 15.8 Å². The van der Waals surface area contributed by atoms with Crippen molar-refractivity contribution in [3.63, 3.8) is 0 Å². The van der Waals surface area contributed by atoms with Crippen LogP contribution >= 0.6 is 0 Å². The first kappa shape index (κ1) is 28.8. The summed E-state index contributed by atoms with van der Waals surface area (Å²) in [6, 6.07) is 7.79. The Bertz CT molecular complexity index is 708. The second-order valence-corrected chi connectivity index (χ2v) is 15.3. The van der Waals surface area contributed by atoms with E-state index in [1.165, 1.54) is 0 Å². The lowest BCUT2D eigenvalue weighted by atomic mass is 9.90. The van der Waals surface area contributed by atoms with Crippen molar-refractivity contribution in [1.82, 2.24) is 0 Å². The van der Waals surface area contributed by atoms with Gasteiger partial charge in [0.1, 0.15) is 5.75 Å². The van der Waals surface area contributed by atoms with Gasteiger partial charge in [-0.15, -0.1) is 0 Å². The normalized spacial score (nSPS) is 18.1.